The van der Waals surface area contributed by atoms with Crippen molar-refractivity contribution >= 4 is 33.0 Å². The maximum absolute atomic E-state index is 12.5. The van der Waals surface area contributed by atoms with Crippen molar-refractivity contribution in [2.75, 3.05) is 5.32 Å². The van der Waals surface area contributed by atoms with Crippen LogP contribution >= 0.6 is 11.3 Å². The van der Waals surface area contributed by atoms with Crippen molar-refractivity contribution in [2.45, 2.75) is 31.0 Å². The maximum Gasteiger partial charge on any atom is 0.250 e. The lowest BCUT2D eigenvalue weighted by atomic mass is 10.0. The van der Waals surface area contributed by atoms with Crippen molar-refractivity contribution < 1.29 is 13.2 Å². The molecule has 1 amide bonds. The van der Waals surface area contributed by atoms with E-state index in [-0.39, 0.29) is 16.0 Å². The van der Waals surface area contributed by atoms with Gasteiger partial charge in [0.05, 0.1) is 0 Å². The fourth-order valence-corrected chi connectivity index (χ4v) is 4.41. The highest BCUT2D eigenvalue weighted by molar-refractivity contribution is 7.91. The molecule has 1 aromatic heterocycles. The molecule has 1 aromatic carbocycles. The van der Waals surface area contributed by atoms with Gasteiger partial charge in [0, 0.05) is 5.69 Å². The molecule has 124 valence electrons. The van der Waals surface area contributed by atoms with E-state index < -0.39 is 16.1 Å². The topological polar surface area (TPSA) is 75.3 Å². The maximum atomic E-state index is 12.5. The Hall–Kier alpha value is -1.70. The van der Waals surface area contributed by atoms with E-state index in [2.05, 4.69) is 10.0 Å². The van der Waals surface area contributed by atoms with Gasteiger partial charge in [-0.2, -0.15) is 4.72 Å². The largest absolute Gasteiger partial charge is 0.324 e. The van der Waals surface area contributed by atoms with Crippen molar-refractivity contribution in [3.05, 3.63) is 47.3 Å². The van der Waals surface area contributed by atoms with E-state index in [0.717, 1.165) is 16.9 Å². The first-order chi connectivity index (χ1) is 10.8. The summed E-state index contributed by atoms with van der Waals surface area (Å²) in [5.74, 6) is -0.553. The van der Waals surface area contributed by atoms with Crippen molar-refractivity contribution in [1.82, 2.24) is 4.72 Å². The summed E-state index contributed by atoms with van der Waals surface area (Å²) in [6, 6.07) is 9.71. The Bertz CT molecular complexity index is 768. The number of amides is 1. The summed E-state index contributed by atoms with van der Waals surface area (Å²) in [6.45, 7) is 5.49. The highest BCUT2D eigenvalue weighted by Crippen LogP contribution is 2.19. The molecule has 0 saturated heterocycles. The molecule has 1 unspecified atom stereocenters. The van der Waals surface area contributed by atoms with Crippen LogP contribution in [0, 0.1) is 12.8 Å². The molecule has 7 heteroatoms. The van der Waals surface area contributed by atoms with Crippen molar-refractivity contribution in [2.24, 2.45) is 5.92 Å². The predicted molar refractivity (Wildman–Crippen MR) is 93.1 cm³/mol. The minimum absolute atomic E-state index is 0.186. The third-order valence-electron chi connectivity index (χ3n) is 3.39. The Kier molecular flexibility index (Phi) is 5.56. The third-order valence-corrected chi connectivity index (χ3v) is 6.23. The van der Waals surface area contributed by atoms with Crippen LogP contribution in [-0.4, -0.2) is 20.4 Å². The first-order valence-corrected chi connectivity index (χ1v) is 9.60. The number of hydrogen-bond acceptors (Lipinski definition) is 4. The van der Waals surface area contributed by atoms with Gasteiger partial charge in [-0.3, -0.25) is 4.79 Å². The first-order valence-electron chi connectivity index (χ1n) is 7.23. The fourth-order valence-electron chi connectivity index (χ4n) is 2.06. The van der Waals surface area contributed by atoms with Gasteiger partial charge >= 0.3 is 0 Å². The molecule has 0 spiro atoms. The molecule has 23 heavy (non-hydrogen) atoms. The summed E-state index contributed by atoms with van der Waals surface area (Å²) in [4.78, 5) is 12.5. The lowest BCUT2D eigenvalue weighted by molar-refractivity contribution is -0.118. The van der Waals surface area contributed by atoms with Gasteiger partial charge in [-0.25, -0.2) is 8.42 Å². The molecule has 1 heterocycles. The molecule has 0 aliphatic carbocycles. The Balaban J connectivity index is 2.19. The molecule has 1 atom stereocenters. The van der Waals surface area contributed by atoms with Gasteiger partial charge in [0.2, 0.25) is 5.91 Å². The van der Waals surface area contributed by atoms with Crippen molar-refractivity contribution in [3.63, 3.8) is 0 Å². The fraction of sp³-hybridized carbons (Fsp3) is 0.312. The highest BCUT2D eigenvalue weighted by Gasteiger charge is 2.29. The van der Waals surface area contributed by atoms with E-state index in [1.807, 2.05) is 25.1 Å². The minimum Gasteiger partial charge on any atom is -0.324 e. The van der Waals surface area contributed by atoms with Crippen LogP contribution < -0.4 is 10.0 Å². The van der Waals surface area contributed by atoms with Gasteiger partial charge in [-0.1, -0.05) is 38.1 Å². The van der Waals surface area contributed by atoms with Gasteiger partial charge in [-0.05, 0) is 35.9 Å². The minimum atomic E-state index is -3.70. The second kappa shape index (κ2) is 7.25. The number of aryl methyl sites for hydroxylation is 1. The molecule has 2 rings (SSSR count). The van der Waals surface area contributed by atoms with Gasteiger partial charge in [0.15, 0.2) is 0 Å². The Morgan fingerprint density at radius 2 is 1.83 bits per heavy atom. The van der Waals surface area contributed by atoms with E-state index >= 15 is 0 Å². The zero-order chi connectivity index (χ0) is 17.0. The van der Waals surface area contributed by atoms with Crippen LogP contribution in [0.25, 0.3) is 0 Å². The van der Waals surface area contributed by atoms with Gasteiger partial charge < -0.3 is 5.32 Å². The smallest absolute Gasteiger partial charge is 0.250 e. The number of rotatable bonds is 6. The van der Waals surface area contributed by atoms with Crippen LogP contribution in [-0.2, 0) is 14.8 Å². The number of sulfonamides is 1. The first kappa shape index (κ1) is 17.7. The summed E-state index contributed by atoms with van der Waals surface area (Å²) in [5.41, 5.74) is 1.60. The Morgan fingerprint density at radius 3 is 2.39 bits per heavy atom. The molecule has 0 bridgehead atoms. The van der Waals surface area contributed by atoms with Crippen LogP contribution in [0.1, 0.15) is 19.4 Å². The van der Waals surface area contributed by atoms with E-state index in [9.17, 15) is 13.2 Å². The molecule has 0 saturated carbocycles. The van der Waals surface area contributed by atoms with E-state index in [0.29, 0.717) is 5.69 Å². The number of carbonyl (C=O) groups excluding carboxylic acids is 1. The summed E-state index contributed by atoms with van der Waals surface area (Å²) < 4.78 is 27.4. The standard InChI is InChI=1S/C16H20N2O3S2/c1-11(2)15(18-23(20,21)14-9-6-10-22-14)16(19)17-13-8-5-4-7-12(13)3/h4-11,15,18H,1-3H3,(H,17,19). The van der Waals surface area contributed by atoms with Crippen LogP contribution in [0.3, 0.4) is 0 Å². The van der Waals surface area contributed by atoms with E-state index in [1.54, 1.807) is 31.4 Å². The SMILES string of the molecule is Cc1ccccc1NC(=O)C(NS(=O)(=O)c1cccs1)C(C)C. The molecule has 0 radical (unpaired) electrons. The van der Waals surface area contributed by atoms with Crippen LogP contribution in [0.2, 0.25) is 0 Å². The predicted octanol–water partition coefficient (Wildman–Crippen LogP) is 3.00. The number of thiophene rings is 1. The number of para-hydroxylation sites is 1. The molecule has 2 N–H and O–H groups in total. The number of anilines is 1. The lowest BCUT2D eigenvalue weighted by Gasteiger charge is -2.21. The number of hydrogen-bond donors (Lipinski definition) is 2. The van der Waals surface area contributed by atoms with E-state index in [1.165, 1.54) is 6.07 Å². The zero-order valence-corrected chi connectivity index (χ0v) is 14.9. The molecular weight excluding hydrogens is 332 g/mol. The zero-order valence-electron chi connectivity index (χ0n) is 13.2. The Morgan fingerprint density at radius 1 is 1.13 bits per heavy atom. The summed E-state index contributed by atoms with van der Waals surface area (Å²) in [6.07, 6.45) is 0. The molecule has 2 aromatic rings. The monoisotopic (exact) mass is 352 g/mol. The van der Waals surface area contributed by atoms with Crippen LogP contribution in [0.5, 0.6) is 0 Å². The quantitative estimate of drug-likeness (QED) is 0.839. The normalized spacial score (nSPS) is 13.0. The molecular formula is C16H20N2O3S2. The lowest BCUT2D eigenvalue weighted by Crippen LogP contribution is -2.46. The number of nitrogens with one attached hydrogen (secondary N) is 2. The van der Waals surface area contributed by atoms with Gasteiger partial charge in [0.25, 0.3) is 10.0 Å². The molecule has 0 aliphatic heterocycles. The van der Waals surface area contributed by atoms with Crippen molar-refractivity contribution in [1.29, 1.82) is 0 Å². The Labute approximate surface area is 140 Å². The second-order valence-electron chi connectivity index (χ2n) is 5.58. The average Bonchev–Trinajstić information content (AvgIpc) is 3.02. The highest BCUT2D eigenvalue weighted by atomic mass is 32.2. The van der Waals surface area contributed by atoms with Gasteiger partial charge in [0.1, 0.15) is 10.3 Å². The van der Waals surface area contributed by atoms with Gasteiger partial charge in [-0.15, -0.1) is 11.3 Å². The van der Waals surface area contributed by atoms with Crippen LogP contribution in [0.15, 0.2) is 46.0 Å². The third kappa shape index (κ3) is 4.40. The average molecular weight is 352 g/mol. The summed E-state index contributed by atoms with van der Waals surface area (Å²) in [7, 11) is -3.70. The summed E-state index contributed by atoms with van der Waals surface area (Å²) in [5, 5.41) is 4.48. The molecule has 0 aliphatic rings. The van der Waals surface area contributed by atoms with Crippen molar-refractivity contribution in [3.8, 4) is 0 Å². The molecule has 0 fully saturated rings. The second-order valence-corrected chi connectivity index (χ2v) is 8.47. The molecule has 5 nitrogen and oxygen atoms in total. The van der Waals surface area contributed by atoms with E-state index in [4.69, 9.17) is 0 Å². The number of benzene rings is 1. The van der Waals surface area contributed by atoms with Crippen LogP contribution in [0.4, 0.5) is 5.69 Å². The summed E-state index contributed by atoms with van der Waals surface area (Å²) >= 11 is 1.12. The number of carbonyl (C=O) groups is 1.